The molecule has 0 aliphatic heterocycles. The van der Waals surface area contributed by atoms with E-state index in [0.29, 0.717) is 0 Å². The van der Waals surface area contributed by atoms with E-state index in [-0.39, 0.29) is 219 Å². The summed E-state index contributed by atoms with van der Waals surface area (Å²) in [5.41, 5.74) is 0. The van der Waals surface area contributed by atoms with Gasteiger partial charge in [0.2, 0.25) is 0 Å². The van der Waals surface area contributed by atoms with Crippen LogP contribution in [-0.4, -0.2) is 13.3 Å². The maximum atomic E-state index is 8.89. The Hall–Kier alpha value is 7.19. The van der Waals surface area contributed by atoms with Crippen LogP contribution >= 0.6 is 0 Å². The molecule has 0 aliphatic carbocycles. The van der Waals surface area contributed by atoms with Gasteiger partial charge in [-0.2, -0.15) is 0 Å². The van der Waals surface area contributed by atoms with E-state index in [1.54, 1.807) is 0 Å². The first-order valence-electron chi connectivity index (χ1n) is 0.667. The first kappa shape index (κ1) is 36.0. The van der Waals surface area contributed by atoms with Crippen LogP contribution in [0.25, 0.3) is 0 Å². The summed E-state index contributed by atoms with van der Waals surface area (Å²) in [5, 5.41) is 0. The Morgan fingerprint density at radius 1 is 1.00 bits per heavy atom. The Kier molecular flexibility index (Phi) is 77.2. The molecule has 3 nitrogen and oxygen atoms in total. The maximum Gasteiger partial charge on any atom is 1.00 e. The third kappa shape index (κ3) is 59.2. The van der Waals surface area contributed by atoms with Crippen molar-refractivity contribution in [1.82, 2.24) is 0 Å². The number of thiol groups is 1. The van der Waals surface area contributed by atoms with E-state index in [4.69, 9.17) is 13.3 Å². The van der Waals surface area contributed by atoms with E-state index in [1.807, 2.05) is 0 Å². The Morgan fingerprint density at radius 3 is 1.00 bits per heavy atom. The largest absolute Gasteiger partial charge is 1.00 e. The van der Waals surface area contributed by atoms with Crippen molar-refractivity contribution < 1.29 is 219 Å². The van der Waals surface area contributed by atoms with E-state index in [9.17, 15) is 0 Å². The third-order valence-corrected chi connectivity index (χ3v) is 0. The van der Waals surface area contributed by atoms with Gasteiger partial charge in [0.05, 0.1) is 0 Å². The quantitative estimate of drug-likeness (QED) is 0.253. The molecule has 0 unspecified atom stereocenters. The zero-order chi connectivity index (χ0) is 4.50. The molecule has 0 heterocycles. The molecule has 0 aliphatic rings. The predicted molar refractivity (Wildman–Crippen MR) is 25.8 cm³/mol. The van der Waals surface area contributed by atoms with Gasteiger partial charge in [-0.3, -0.25) is 4.21 Å². The van der Waals surface area contributed by atoms with E-state index in [2.05, 4.69) is 11.2 Å². The number of rotatable bonds is 0. The Bertz CT molecular complexity index is 98.9. The summed E-state index contributed by atoms with van der Waals surface area (Å²) >= 11 is 3.24. The third-order valence-electron chi connectivity index (χ3n) is 0. The molecule has 0 rings (SSSR count). The molecule has 0 aromatic heterocycles. The minimum absolute atomic E-state index is 0. The summed E-state index contributed by atoms with van der Waals surface area (Å²) in [6.07, 6.45) is 0. The maximum absolute atomic E-state index is 8.89. The van der Waals surface area contributed by atoms with E-state index in [1.165, 1.54) is 0 Å². The molecule has 40 valence electrons. The van der Waals surface area contributed by atoms with Crippen molar-refractivity contribution in [1.29, 1.82) is 0 Å². The van der Waals surface area contributed by atoms with Gasteiger partial charge < -0.3 is 22.6 Å². The summed E-state index contributed by atoms with van der Waals surface area (Å²) < 4.78 is 26.7. The van der Waals surface area contributed by atoms with Gasteiger partial charge in [0.25, 0.3) is 0 Å². The summed E-state index contributed by atoms with van der Waals surface area (Å²) in [4.78, 5) is 0. The van der Waals surface area contributed by atoms with Gasteiger partial charge in [0.15, 0.2) is 0 Å². The number of hydrogen-bond donors (Lipinski definition) is 0. The van der Waals surface area contributed by atoms with Gasteiger partial charge in [-0.1, -0.05) is 0 Å². The second-order valence-electron chi connectivity index (χ2n) is 0.408. The van der Waals surface area contributed by atoms with Gasteiger partial charge in [0.1, 0.15) is 0 Å². The second-order valence-corrected chi connectivity index (χ2v) is 2.45. The van der Waals surface area contributed by atoms with Crippen molar-refractivity contribution in [2.75, 3.05) is 0 Å². The first-order valence-corrected chi connectivity index (χ1v) is 3.00. The SMILES string of the molecule is O=S([O-])([O-])=S.[K+].[K+].[K+].[K+].[SH-]. The molecule has 0 atom stereocenters. The minimum Gasteiger partial charge on any atom is -0.813 e. The molecule has 0 bridgehead atoms. The average molecular weight is 302 g/mol. The van der Waals surface area contributed by atoms with Crippen LogP contribution in [0.5, 0.6) is 0 Å². The standard InChI is InChI=1S/4K.H2O3S2.H2S/c;;;;1-5(2,3)4;/h;;;;(H2,1,2,3,4);1H2/q4*+1;;/p-3. The van der Waals surface area contributed by atoms with Crippen LogP contribution in [0, 0.1) is 0 Å². The van der Waals surface area contributed by atoms with Crippen LogP contribution < -0.4 is 206 Å². The molecule has 0 N–H and O–H groups in total. The molecular formula is HK4O3S3+. The van der Waals surface area contributed by atoms with Crippen LogP contribution in [0.2, 0.25) is 0 Å². The van der Waals surface area contributed by atoms with Crippen molar-refractivity contribution >= 4 is 33.7 Å². The van der Waals surface area contributed by atoms with Crippen LogP contribution in [-0.2, 0) is 33.7 Å². The monoisotopic (exact) mass is 301 g/mol. The summed E-state index contributed by atoms with van der Waals surface area (Å²) in [6.45, 7) is 0. The smallest absolute Gasteiger partial charge is 0.813 e. The average Bonchev–Trinajstić information content (AvgIpc) is 0.722. The topological polar surface area (TPSA) is 63.2 Å². The van der Waals surface area contributed by atoms with Crippen LogP contribution in [0.1, 0.15) is 0 Å². The van der Waals surface area contributed by atoms with Crippen molar-refractivity contribution in [3.63, 3.8) is 0 Å². The zero-order valence-corrected chi connectivity index (χ0v) is 21.5. The Balaban J connectivity index is -0.00000000800. The molecule has 10 heavy (non-hydrogen) atoms. The van der Waals surface area contributed by atoms with E-state index in [0.717, 1.165) is 0 Å². The van der Waals surface area contributed by atoms with Gasteiger partial charge in [-0.05, 0) is 11.2 Å². The molecule has 0 fully saturated rings. The van der Waals surface area contributed by atoms with E-state index >= 15 is 0 Å². The van der Waals surface area contributed by atoms with Gasteiger partial charge in [0, 0.05) is 0 Å². The Labute approximate surface area is 243 Å². The van der Waals surface area contributed by atoms with E-state index < -0.39 is 9.05 Å². The summed E-state index contributed by atoms with van der Waals surface area (Å²) in [7, 11) is -4.33. The molecule has 0 aromatic carbocycles. The molecule has 0 aromatic rings. The van der Waals surface area contributed by atoms with Crippen molar-refractivity contribution in [2.24, 2.45) is 0 Å². The molecule has 0 saturated heterocycles. The van der Waals surface area contributed by atoms with Crippen molar-refractivity contribution in [3.8, 4) is 0 Å². The summed E-state index contributed by atoms with van der Waals surface area (Å²) in [5.74, 6) is 0. The van der Waals surface area contributed by atoms with Crippen LogP contribution in [0.4, 0.5) is 0 Å². The molecular weight excluding hydrogens is 301 g/mol. The molecule has 0 spiro atoms. The van der Waals surface area contributed by atoms with Crippen molar-refractivity contribution in [2.45, 2.75) is 0 Å². The van der Waals surface area contributed by atoms with Crippen LogP contribution in [0.3, 0.4) is 0 Å². The fraction of sp³-hybridized carbons (Fsp3) is 0. The fourth-order valence-electron chi connectivity index (χ4n) is 0. The molecule has 0 radical (unpaired) electrons. The normalized spacial score (nSPS) is 5.80. The molecule has 10 heteroatoms. The van der Waals surface area contributed by atoms with Crippen molar-refractivity contribution in [3.05, 3.63) is 0 Å². The Morgan fingerprint density at radius 2 is 1.00 bits per heavy atom. The number of hydrogen-bond acceptors (Lipinski definition) is 5. The van der Waals surface area contributed by atoms with Gasteiger partial charge in [-0.25, -0.2) is 0 Å². The molecule has 0 saturated carbocycles. The van der Waals surface area contributed by atoms with Crippen LogP contribution in [0.15, 0.2) is 0 Å². The van der Waals surface area contributed by atoms with Gasteiger partial charge >= 0.3 is 206 Å². The summed E-state index contributed by atoms with van der Waals surface area (Å²) in [6, 6.07) is 0. The fourth-order valence-corrected chi connectivity index (χ4v) is 0. The zero-order valence-electron chi connectivity index (χ0n) is 6.49. The second kappa shape index (κ2) is 21.5. The first-order chi connectivity index (χ1) is 2.00. The van der Waals surface area contributed by atoms with Gasteiger partial charge in [-0.15, -0.1) is 9.05 Å². The molecule has 0 amide bonds. The minimum atomic E-state index is -4.33. The predicted octanol–water partition coefficient (Wildman–Crippen LogP) is -13.3.